The van der Waals surface area contributed by atoms with Crippen LogP contribution in [0, 0.1) is 13.8 Å². The number of benzene rings is 2. The van der Waals surface area contributed by atoms with Gasteiger partial charge in [-0.1, -0.05) is 28.9 Å². The number of amides is 2. The predicted molar refractivity (Wildman–Crippen MR) is 179 cm³/mol. The first-order valence-electron chi connectivity index (χ1n) is 16.2. The van der Waals surface area contributed by atoms with Crippen molar-refractivity contribution in [1.29, 1.82) is 0 Å². The van der Waals surface area contributed by atoms with Crippen LogP contribution in [0.5, 0.6) is 0 Å². The van der Waals surface area contributed by atoms with E-state index in [1.807, 2.05) is 4.90 Å². The van der Waals surface area contributed by atoms with Gasteiger partial charge in [0.15, 0.2) is 5.76 Å². The monoisotopic (exact) mass is 720 g/mol. The van der Waals surface area contributed by atoms with Crippen LogP contribution in [-0.2, 0) is 29.6 Å². The van der Waals surface area contributed by atoms with Gasteiger partial charge < -0.3 is 14.3 Å². The number of sulfonamides is 2. The van der Waals surface area contributed by atoms with Crippen LogP contribution in [0.15, 0.2) is 50.7 Å². The Morgan fingerprint density at radius 1 is 1.02 bits per heavy atom. The van der Waals surface area contributed by atoms with E-state index in [0.717, 1.165) is 18.2 Å². The van der Waals surface area contributed by atoms with Crippen molar-refractivity contribution in [2.24, 2.45) is 0 Å². The minimum absolute atomic E-state index is 0.0508. The molecule has 3 aromatic rings. The highest BCUT2D eigenvalue weighted by Gasteiger charge is 2.39. The number of likely N-dealkylation sites (N-methyl/N-ethyl adjacent to an activating group) is 1. The van der Waals surface area contributed by atoms with Gasteiger partial charge in [0.1, 0.15) is 16.6 Å². The number of hydrogen-bond acceptors (Lipinski definition) is 9. The van der Waals surface area contributed by atoms with Gasteiger partial charge in [-0.3, -0.25) is 14.5 Å². The van der Waals surface area contributed by atoms with Crippen molar-refractivity contribution in [3.8, 4) is 0 Å². The maximum absolute atomic E-state index is 13.6. The predicted octanol–water partition coefficient (Wildman–Crippen LogP) is 2.75. The highest BCUT2D eigenvalue weighted by molar-refractivity contribution is 7.89. The Balaban J connectivity index is 1.05. The number of carbonyl (C=O) groups excluding carboxylic acids is 2. The molecule has 6 rings (SSSR count). The number of hydrogen-bond donors (Lipinski definition) is 1. The molecular formula is C32H41ClN6O7S2. The van der Waals surface area contributed by atoms with Crippen molar-refractivity contribution < 1.29 is 30.9 Å². The lowest BCUT2D eigenvalue weighted by Gasteiger charge is -2.35. The number of likely N-dealkylation sites (tertiary alicyclic amines) is 3. The largest absolute Gasteiger partial charge is 0.360 e. The van der Waals surface area contributed by atoms with Crippen molar-refractivity contribution >= 4 is 54.2 Å². The van der Waals surface area contributed by atoms with Crippen LogP contribution in [0.4, 0.5) is 0 Å². The molecule has 48 heavy (non-hydrogen) atoms. The first kappa shape index (κ1) is 34.8. The molecule has 0 radical (unpaired) electrons. The molecule has 0 saturated carbocycles. The van der Waals surface area contributed by atoms with Gasteiger partial charge in [-0.2, -0.15) is 9.03 Å². The Hall–Kier alpha value is -3.08. The highest BCUT2D eigenvalue weighted by Crippen LogP contribution is 2.29. The summed E-state index contributed by atoms with van der Waals surface area (Å²) < 4.78 is 62.3. The number of aromatic nitrogens is 1. The topological polar surface area (TPSA) is 153 Å². The van der Waals surface area contributed by atoms with Crippen molar-refractivity contribution in [3.63, 3.8) is 0 Å². The summed E-state index contributed by atoms with van der Waals surface area (Å²) in [6, 6.07) is 8.65. The summed E-state index contributed by atoms with van der Waals surface area (Å²) in [6.07, 6.45) is 3.21. The van der Waals surface area contributed by atoms with Crippen LogP contribution >= 0.6 is 11.6 Å². The van der Waals surface area contributed by atoms with Gasteiger partial charge in [0.25, 0.3) is 0 Å². The molecule has 3 unspecified atom stereocenters. The quantitative estimate of drug-likeness (QED) is 0.333. The average molecular weight is 721 g/mol. The summed E-state index contributed by atoms with van der Waals surface area (Å²) in [5.41, 5.74) is 0.334. The van der Waals surface area contributed by atoms with Gasteiger partial charge in [0.2, 0.25) is 31.9 Å². The summed E-state index contributed by atoms with van der Waals surface area (Å²) in [6.45, 7) is 5.87. The van der Waals surface area contributed by atoms with E-state index in [0.29, 0.717) is 68.1 Å². The van der Waals surface area contributed by atoms with Crippen LogP contribution < -0.4 is 4.72 Å². The number of rotatable bonds is 10. The second-order valence-electron chi connectivity index (χ2n) is 13.0. The second kappa shape index (κ2) is 13.7. The molecule has 0 spiro atoms. The van der Waals surface area contributed by atoms with Crippen LogP contribution in [0.1, 0.15) is 43.6 Å². The minimum atomic E-state index is -4.00. The number of halogens is 1. The van der Waals surface area contributed by atoms with Gasteiger partial charge in [-0.25, -0.2) is 16.8 Å². The standard InChI is InChI=1S/C32H41ClN6O7S2/c1-21-31(22(2)46-34-21)48(44,45)36(3)26-12-15-37(18-26)19-27-6-4-14-39(27)30(40)20-38-13-5-7-29(32(38)41)35-47(42,43)28-11-9-23-16-25(33)10-8-24(23)17-28/h8-11,16-17,26-27,29,35H,4-7,12-15,18-20H2,1-3H3. The van der Waals surface area contributed by atoms with Gasteiger partial charge >= 0.3 is 0 Å². The Bertz CT molecular complexity index is 1920. The Labute approximate surface area is 286 Å². The number of aryl methyl sites for hydroxylation is 2. The zero-order chi connectivity index (χ0) is 34.4. The summed E-state index contributed by atoms with van der Waals surface area (Å²) in [5, 5.41) is 5.87. The zero-order valence-corrected chi connectivity index (χ0v) is 29.7. The Kier molecular flexibility index (Phi) is 9.91. The molecule has 1 aromatic heterocycles. The maximum Gasteiger partial charge on any atom is 0.248 e. The molecule has 3 atom stereocenters. The summed E-state index contributed by atoms with van der Waals surface area (Å²) in [7, 11) is -6.19. The molecule has 4 heterocycles. The molecule has 0 bridgehead atoms. The smallest absolute Gasteiger partial charge is 0.248 e. The molecular weight excluding hydrogens is 680 g/mol. The third-order valence-electron chi connectivity index (χ3n) is 9.77. The van der Waals surface area contributed by atoms with E-state index in [2.05, 4.69) is 14.8 Å². The van der Waals surface area contributed by atoms with Crippen LogP contribution in [0.2, 0.25) is 5.02 Å². The normalized spacial score (nSPS) is 22.8. The van der Waals surface area contributed by atoms with E-state index in [-0.39, 0.29) is 40.1 Å². The van der Waals surface area contributed by atoms with Crippen LogP contribution in [0.25, 0.3) is 10.8 Å². The molecule has 13 nitrogen and oxygen atoms in total. The van der Waals surface area contributed by atoms with Crippen LogP contribution in [0.3, 0.4) is 0 Å². The molecule has 0 aliphatic carbocycles. The second-order valence-corrected chi connectivity index (χ2v) is 17.1. The summed E-state index contributed by atoms with van der Waals surface area (Å²) in [5.74, 6) is -0.316. The highest BCUT2D eigenvalue weighted by atomic mass is 35.5. The van der Waals surface area contributed by atoms with Gasteiger partial charge in [0.05, 0.1) is 11.4 Å². The summed E-state index contributed by atoms with van der Waals surface area (Å²) in [4.78, 5) is 32.6. The van der Waals surface area contributed by atoms with E-state index in [1.165, 1.54) is 15.3 Å². The van der Waals surface area contributed by atoms with Crippen molar-refractivity contribution in [2.75, 3.05) is 46.3 Å². The fourth-order valence-corrected chi connectivity index (χ4v) is 10.3. The molecule has 16 heteroatoms. The van der Waals surface area contributed by atoms with Crippen LogP contribution in [-0.4, -0.2) is 117 Å². The Morgan fingerprint density at radius 3 is 2.50 bits per heavy atom. The molecule has 2 aromatic carbocycles. The van der Waals surface area contributed by atoms with E-state index in [9.17, 15) is 26.4 Å². The maximum atomic E-state index is 13.6. The number of piperidine rings is 1. The molecule has 1 N–H and O–H groups in total. The lowest BCUT2D eigenvalue weighted by atomic mass is 10.1. The number of nitrogens with zero attached hydrogens (tertiary/aromatic N) is 5. The van der Waals surface area contributed by atoms with Crippen molar-refractivity contribution in [1.82, 2.24) is 28.9 Å². The van der Waals surface area contributed by atoms with Gasteiger partial charge in [0, 0.05) is 50.3 Å². The first-order chi connectivity index (χ1) is 22.7. The van der Waals surface area contributed by atoms with Gasteiger partial charge in [-0.15, -0.1) is 0 Å². The molecule has 3 aliphatic rings. The molecule has 3 fully saturated rings. The lowest BCUT2D eigenvalue weighted by Crippen LogP contribution is -2.55. The molecule has 2 amide bonds. The van der Waals surface area contributed by atoms with Crippen molar-refractivity contribution in [3.05, 3.63) is 52.9 Å². The van der Waals surface area contributed by atoms with E-state index in [4.69, 9.17) is 16.1 Å². The lowest BCUT2D eigenvalue weighted by molar-refractivity contribution is -0.143. The molecule has 3 saturated heterocycles. The zero-order valence-electron chi connectivity index (χ0n) is 27.3. The van der Waals surface area contributed by atoms with Crippen molar-refractivity contribution in [2.45, 2.75) is 73.9 Å². The molecule has 260 valence electrons. The third-order valence-corrected chi connectivity index (χ3v) is 13.6. The summed E-state index contributed by atoms with van der Waals surface area (Å²) >= 11 is 6.06. The number of nitrogens with one attached hydrogen (secondary N) is 1. The van der Waals surface area contributed by atoms with Gasteiger partial charge in [-0.05, 0) is 87.5 Å². The molecule has 3 aliphatic heterocycles. The number of carbonyl (C=O) groups is 2. The Morgan fingerprint density at radius 2 is 1.75 bits per heavy atom. The minimum Gasteiger partial charge on any atom is -0.360 e. The van der Waals surface area contributed by atoms with E-state index >= 15 is 0 Å². The SMILES string of the molecule is Cc1noc(C)c1S(=O)(=O)N(C)C1CCN(CC2CCCN2C(=O)CN2CCCC(NS(=O)(=O)c3ccc4cc(Cl)ccc4c3)C2=O)C1. The first-order valence-corrected chi connectivity index (χ1v) is 19.5. The number of fused-ring (bicyclic) bond motifs is 1. The third kappa shape index (κ3) is 6.98. The van der Waals surface area contributed by atoms with E-state index < -0.39 is 32.0 Å². The average Bonchev–Trinajstić information content (AvgIpc) is 3.79. The fourth-order valence-electron chi connectivity index (χ4n) is 7.19. The van der Waals surface area contributed by atoms with E-state index in [1.54, 1.807) is 51.2 Å². The fraction of sp³-hybridized carbons (Fsp3) is 0.531.